The van der Waals surface area contributed by atoms with Gasteiger partial charge in [0.15, 0.2) is 9.84 Å². The molecule has 4 heteroatoms. The molecule has 1 aliphatic carbocycles. The van der Waals surface area contributed by atoms with Gasteiger partial charge in [-0.05, 0) is 48.2 Å². The minimum Gasteiger partial charge on any atom is -0.223 e. The van der Waals surface area contributed by atoms with Gasteiger partial charge in [-0.3, -0.25) is 0 Å². The van der Waals surface area contributed by atoms with Gasteiger partial charge in [-0.2, -0.15) is 0 Å². The Hall–Kier alpha value is -1.91. The highest BCUT2D eigenvalue weighted by atomic mass is 79.9. The van der Waals surface area contributed by atoms with E-state index in [1.165, 1.54) is 0 Å². The molecule has 0 fully saturated rings. The summed E-state index contributed by atoms with van der Waals surface area (Å²) >= 11 is 3.61. The van der Waals surface area contributed by atoms with E-state index >= 15 is 0 Å². The van der Waals surface area contributed by atoms with Gasteiger partial charge in [-0.1, -0.05) is 76.1 Å². The smallest absolute Gasteiger partial charge is 0.182 e. The lowest BCUT2D eigenvalue weighted by molar-refractivity contribution is 0.573. The van der Waals surface area contributed by atoms with Gasteiger partial charge in [-0.15, -0.1) is 0 Å². The fourth-order valence-electron chi connectivity index (χ4n) is 3.85. The van der Waals surface area contributed by atoms with Crippen molar-refractivity contribution in [3.8, 4) is 0 Å². The largest absolute Gasteiger partial charge is 0.223 e. The van der Waals surface area contributed by atoms with Crippen molar-refractivity contribution in [3.05, 3.63) is 99.5 Å². The third-order valence-corrected chi connectivity index (χ3v) is 8.08. The van der Waals surface area contributed by atoms with Gasteiger partial charge in [0.05, 0.1) is 10.1 Å². The Morgan fingerprint density at radius 2 is 1.58 bits per heavy atom. The molecule has 0 saturated carbocycles. The maximum atomic E-state index is 13.5. The van der Waals surface area contributed by atoms with Crippen molar-refractivity contribution in [1.82, 2.24) is 0 Å². The molecule has 132 valence electrons. The van der Waals surface area contributed by atoms with E-state index in [1.54, 1.807) is 12.1 Å². The fourth-order valence-corrected chi connectivity index (χ4v) is 6.30. The van der Waals surface area contributed by atoms with E-state index in [9.17, 15) is 8.42 Å². The number of benzene rings is 3. The van der Waals surface area contributed by atoms with Crippen LogP contribution in [0.4, 0.5) is 0 Å². The predicted octanol–water partition coefficient (Wildman–Crippen LogP) is 5.29. The molecule has 0 amide bonds. The minimum atomic E-state index is -3.46. The van der Waals surface area contributed by atoms with E-state index in [0.717, 1.165) is 26.7 Å². The van der Waals surface area contributed by atoms with Crippen molar-refractivity contribution in [2.45, 2.75) is 29.4 Å². The second kappa shape index (κ2) is 6.67. The molecular formula is C22H19BrO2S. The van der Waals surface area contributed by atoms with Gasteiger partial charge >= 0.3 is 0 Å². The van der Waals surface area contributed by atoms with E-state index in [2.05, 4.69) is 22.0 Å². The Morgan fingerprint density at radius 3 is 2.27 bits per heavy atom. The van der Waals surface area contributed by atoms with Gasteiger partial charge in [0.25, 0.3) is 0 Å². The quantitative estimate of drug-likeness (QED) is 0.570. The van der Waals surface area contributed by atoms with Crippen LogP contribution >= 0.6 is 15.9 Å². The molecule has 0 aromatic heterocycles. The number of rotatable bonds is 3. The van der Waals surface area contributed by atoms with Crippen molar-refractivity contribution in [2.75, 3.05) is 0 Å². The molecule has 0 bridgehead atoms. The van der Waals surface area contributed by atoms with Crippen molar-refractivity contribution in [1.29, 1.82) is 0 Å². The molecule has 0 heterocycles. The lowest BCUT2D eigenvalue weighted by Gasteiger charge is -2.21. The molecule has 0 unspecified atom stereocenters. The number of hydrogen-bond donors (Lipinski definition) is 0. The first kappa shape index (κ1) is 17.5. The monoisotopic (exact) mass is 426 g/mol. The zero-order valence-electron chi connectivity index (χ0n) is 14.4. The number of sulfone groups is 1. The molecule has 0 N–H and O–H groups in total. The molecular weight excluding hydrogens is 408 g/mol. The normalized spacial score (nSPS) is 19.3. The highest BCUT2D eigenvalue weighted by Gasteiger charge is 2.43. The average Bonchev–Trinajstić information content (AvgIpc) is 3.05. The van der Waals surface area contributed by atoms with Crippen LogP contribution in [0.2, 0.25) is 0 Å². The van der Waals surface area contributed by atoms with Crippen molar-refractivity contribution < 1.29 is 8.42 Å². The second-order valence-corrected chi connectivity index (χ2v) is 9.82. The van der Waals surface area contributed by atoms with Crippen molar-refractivity contribution in [2.24, 2.45) is 0 Å². The predicted molar refractivity (Wildman–Crippen MR) is 108 cm³/mol. The first-order valence-electron chi connectivity index (χ1n) is 8.61. The van der Waals surface area contributed by atoms with Gasteiger partial charge in [0.1, 0.15) is 0 Å². The second-order valence-electron chi connectivity index (χ2n) is 6.80. The van der Waals surface area contributed by atoms with E-state index in [1.807, 2.05) is 61.5 Å². The topological polar surface area (TPSA) is 34.1 Å². The van der Waals surface area contributed by atoms with Gasteiger partial charge in [0, 0.05) is 10.4 Å². The van der Waals surface area contributed by atoms with E-state index in [0.29, 0.717) is 11.3 Å². The Kier molecular flexibility index (Phi) is 4.49. The van der Waals surface area contributed by atoms with Crippen LogP contribution in [-0.4, -0.2) is 13.7 Å². The highest BCUT2D eigenvalue weighted by Crippen LogP contribution is 2.45. The summed E-state index contributed by atoms with van der Waals surface area (Å²) < 4.78 is 28.0. The van der Waals surface area contributed by atoms with Crippen LogP contribution in [0.5, 0.6) is 0 Å². The molecule has 26 heavy (non-hydrogen) atoms. The van der Waals surface area contributed by atoms with Crippen LogP contribution in [0.1, 0.15) is 28.2 Å². The number of hydrogen-bond acceptors (Lipinski definition) is 2. The first-order valence-corrected chi connectivity index (χ1v) is 11.0. The molecule has 3 aromatic carbocycles. The molecule has 0 aliphatic heterocycles. The summed E-state index contributed by atoms with van der Waals surface area (Å²) in [6, 6.07) is 23.2. The Bertz CT molecular complexity index is 1040. The zero-order valence-corrected chi connectivity index (χ0v) is 16.8. The molecule has 1 aliphatic rings. The Labute approximate surface area is 162 Å². The molecule has 2 atom stereocenters. The van der Waals surface area contributed by atoms with Crippen LogP contribution in [0.15, 0.2) is 82.2 Å². The average molecular weight is 427 g/mol. The number of halogens is 1. The van der Waals surface area contributed by atoms with Gasteiger partial charge in [0.2, 0.25) is 0 Å². The summed E-state index contributed by atoms with van der Waals surface area (Å²) in [7, 11) is -3.46. The van der Waals surface area contributed by atoms with Crippen LogP contribution in [-0.2, 0) is 16.3 Å². The van der Waals surface area contributed by atoms with Crippen LogP contribution in [0.3, 0.4) is 0 Å². The summed E-state index contributed by atoms with van der Waals surface area (Å²) in [6.45, 7) is 1.96. The molecule has 0 radical (unpaired) electrons. The summed E-state index contributed by atoms with van der Waals surface area (Å²) in [5.41, 5.74) is 4.30. The SMILES string of the molecule is Cc1ccc(S(=O)(=O)[C@H]2Cc3c(Br)cccc3[C@@H]2c2ccccc2)cc1. The lowest BCUT2D eigenvalue weighted by Crippen LogP contribution is -2.26. The van der Waals surface area contributed by atoms with Gasteiger partial charge in [-0.25, -0.2) is 8.42 Å². The summed E-state index contributed by atoms with van der Waals surface area (Å²) in [6.07, 6.45) is 0.520. The fraction of sp³-hybridized carbons (Fsp3) is 0.182. The standard InChI is InChI=1S/C22H19BrO2S/c1-15-10-12-17(13-11-15)26(24,25)21-14-19-18(8-5-9-20(19)23)22(21)16-6-3-2-4-7-16/h2-13,21-22H,14H2,1H3/t21-,22-/m0/s1. The molecule has 0 spiro atoms. The van der Waals surface area contributed by atoms with E-state index in [4.69, 9.17) is 0 Å². The molecule has 0 saturated heterocycles. The Morgan fingerprint density at radius 1 is 0.885 bits per heavy atom. The van der Waals surface area contributed by atoms with Crippen LogP contribution in [0, 0.1) is 6.92 Å². The van der Waals surface area contributed by atoms with E-state index in [-0.39, 0.29) is 5.92 Å². The van der Waals surface area contributed by atoms with E-state index < -0.39 is 15.1 Å². The highest BCUT2D eigenvalue weighted by molar-refractivity contribution is 9.10. The van der Waals surface area contributed by atoms with Gasteiger partial charge < -0.3 is 0 Å². The summed E-state index contributed by atoms with van der Waals surface area (Å²) in [4.78, 5) is 0.401. The summed E-state index contributed by atoms with van der Waals surface area (Å²) in [5.74, 6) is -0.157. The zero-order chi connectivity index (χ0) is 18.3. The van der Waals surface area contributed by atoms with Crippen molar-refractivity contribution in [3.63, 3.8) is 0 Å². The minimum absolute atomic E-state index is 0.157. The van der Waals surface area contributed by atoms with Crippen molar-refractivity contribution >= 4 is 25.8 Å². The first-order chi connectivity index (χ1) is 12.5. The van der Waals surface area contributed by atoms with Crippen LogP contribution < -0.4 is 0 Å². The van der Waals surface area contributed by atoms with Crippen LogP contribution in [0.25, 0.3) is 0 Å². The Balaban J connectivity index is 1.87. The number of fused-ring (bicyclic) bond motifs is 1. The molecule has 2 nitrogen and oxygen atoms in total. The third-order valence-electron chi connectivity index (χ3n) is 5.17. The third kappa shape index (κ3) is 2.91. The molecule has 4 rings (SSSR count). The lowest BCUT2D eigenvalue weighted by atomic mass is 9.93. The maximum absolute atomic E-state index is 13.5. The maximum Gasteiger partial charge on any atom is 0.182 e. The molecule has 3 aromatic rings. The summed E-state index contributed by atoms with van der Waals surface area (Å²) in [5, 5.41) is -0.499. The number of aryl methyl sites for hydroxylation is 1.